The van der Waals surface area contributed by atoms with Gasteiger partial charge in [0.25, 0.3) is 0 Å². The van der Waals surface area contributed by atoms with Crippen molar-refractivity contribution in [1.29, 1.82) is 0 Å². The zero-order chi connectivity index (χ0) is 32.1. The molecule has 3 fully saturated rings. The molecular formula is C35H47N3O5S. The number of aliphatic hydroxyl groups is 1. The molecule has 1 spiro atoms. The van der Waals surface area contributed by atoms with Crippen LogP contribution in [-0.2, 0) is 14.4 Å². The molecule has 8 nitrogen and oxygen atoms in total. The Hall–Kier alpha value is -3.04. The Bertz CT molecular complexity index is 1390. The number of thioether (sulfide) groups is 1. The van der Waals surface area contributed by atoms with Crippen molar-refractivity contribution in [3.05, 3.63) is 60.2 Å². The van der Waals surface area contributed by atoms with Gasteiger partial charge in [0, 0.05) is 16.0 Å². The minimum absolute atomic E-state index is 0.0292. The number of hydrogen-bond acceptors (Lipinski definition) is 6. The van der Waals surface area contributed by atoms with Crippen LogP contribution in [0.15, 0.2) is 54.6 Å². The van der Waals surface area contributed by atoms with E-state index < -0.39 is 39.0 Å². The van der Waals surface area contributed by atoms with Gasteiger partial charge < -0.3 is 25.4 Å². The van der Waals surface area contributed by atoms with Gasteiger partial charge >= 0.3 is 0 Å². The molecule has 0 saturated carbocycles. The first-order valence-electron chi connectivity index (χ1n) is 15.7. The van der Waals surface area contributed by atoms with Crippen LogP contribution in [0.3, 0.4) is 0 Å². The number of benzene rings is 2. The summed E-state index contributed by atoms with van der Waals surface area (Å²) in [4.78, 5) is 44.9. The molecule has 2 bridgehead atoms. The second-order valence-electron chi connectivity index (χ2n) is 14.6. The molecule has 3 saturated heterocycles. The van der Waals surface area contributed by atoms with Gasteiger partial charge in [-0.05, 0) is 82.2 Å². The Morgan fingerprint density at radius 1 is 1.05 bits per heavy atom. The van der Waals surface area contributed by atoms with Gasteiger partial charge in [-0.25, -0.2) is 0 Å². The second-order valence-corrected chi connectivity index (χ2v) is 16.5. The number of fused-ring (bicyclic) bond motifs is 1. The van der Waals surface area contributed by atoms with Crippen LogP contribution in [0.25, 0.3) is 0 Å². The fraction of sp³-hybridized carbons (Fsp3) is 0.571. The van der Waals surface area contributed by atoms with Gasteiger partial charge in [-0.2, -0.15) is 0 Å². The Labute approximate surface area is 265 Å². The summed E-state index contributed by atoms with van der Waals surface area (Å²) >= 11 is 1.63. The number of anilines is 1. The van der Waals surface area contributed by atoms with Crippen molar-refractivity contribution in [3.8, 4) is 5.75 Å². The molecule has 0 aromatic heterocycles. The highest BCUT2D eigenvalue weighted by Gasteiger charge is 2.77. The van der Waals surface area contributed by atoms with Crippen LogP contribution in [-0.4, -0.2) is 62.0 Å². The molecule has 3 heterocycles. The minimum Gasteiger partial charge on any atom is -0.494 e. The predicted octanol–water partition coefficient (Wildman–Crippen LogP) is 5.57. The van der Waals surface area contributed by atoms with E-state index in [9.17, 15) is 19.5 Å². The van der Waals surface area contributed by atoms with Crippen molar-refractivity contribution in [2.45, 2.75) is 94.8 Å². The van der Waals surface area contributed by atoms with E-state index in [-0.39, 0.29) is 29.7 Å². The average Bonchev–Trinajstić information content (AvgIpc) is 3.50. The van der Waals surface area contributed by atoms with Crippen molar-refractivity contribution < 1.29 is 24.2 Å². The molecule has 3 aliphatic heterocycles. The lowest BCUT2D eigenvalue weighted by Gasteiger charge is -2.40. The van der Waals surface area contributed by atoms with Gasteiger partial charge in [0.1, 0.15) is 11.8 Å². The molecule has 2 aromatic rings. The third-order valence-electron chi connectivity index (χ3n) is 9.31. The Morgan fingerprint density at radius 2 is 1.70 bits per heavy atom. The number of aliphatic hydroxyl groups excluding tert-OH is 1. The molecule has 0 radical (unpaired) electrons. The number of nitrogens with zero attached hydrogens (tertiary/aromatic N) is 1. The molecule has 5 rings (SSSR count). The van der Waals surface area contributed by atoms with Crippen LogP contribution in [0.2, 0.25) is 0 Å². The van der Waals surface area contributed by atoms with Crippen LogP contribution in [0.1, 0.15) is 79.3 Å². The topological polar surface area (TPSA) is 108 Å². The number of amides is 3. The number of nitrogens with one attached hydrogen (secondary N) is 2. The number of carbonyl (C=O) groups excluding carboxylic acids is 3. The molecule has 3 aliphatic rings. The summed E-state index contributed by atoms with van der Waals surface area (Å²) in [6.07, 6.45) is 2.09. The first kappa shape index (κ1) is 32.4. The third-order valence-corrected chi connectivity index (χ3v) is 11.3. The zero-order valence-electron chi connectivity index (χ0n) is 27.0. The summed E-state index contributed by atoms with van der Waals surface area (Å²) in [5.74, 6) is -1.32. The van der Waals surface area contributed by atoms with E-state index in [2.05, 4.69) is 38.3 Å². The maximum absolute atomic E-state index is 14.7. The number of rotatable bonds is 10. The van der Waals surface area contributed by atoms with Gasteiger partial charge in [-0.1, -0.05) is 51.1 Å². The number of carbonyl (C=O) groups is 3. The van der Waals surface area contributed by atoms with Crippen LogP contribution < -0.4 is 15.4 Å². The maximum Gasteiger partial charge on any atom is 0.244 e. The standard InChI is InChI=1S/C35H47N3O5S/c1-8-43-24-16-14-23(15-17-24)36-29(40)26-27-31(42)38(25(20-39)22-12-10-9-11-13-22)28(35(27)19-18-34(26,7)44-35)30(41)37-33(5,6)21-32(2,3)4/h9-17,25-28,39H,8,18-21H2,1-7H3,(H,36,40)(H,37,41)/t25-,26-,27+,28?,34+,35?/m1/s1. The predicted molar refractivity (Wildman–Crippen MR) is 174 cm³/mol. The molecule has 238 valence electrons. The lowest BCUT2D eigenvalue weighted by Crippen LogP contribution is -2.58. The Balaban J connectivity index is 1.53. The number of ether oxygens (including phenoxy) is 1. The highest BCUT2D eigenvalue weighted by Crippen LogP contribution is 2.72. The van der Waals surface area contributed by atoms with E-state index in [1.807, 2.05) is 63.2 Å². The van der Waals surface area contributed by atoms with Crippen LogP contribution in [0.5, 0.6) is 5.75 Å². The van der Waals surface area contributed by atoms with E-state index in [4.69, 9.17) is 4.74 Å². The Kier molecular flexibility index (Phi) is 8.61. The lowest BCUT2D eigenvalue weighted by molar-refractivity contribution is -0.143. The first-order valence-corrected chi connectivity index (χ1v) is 16.5. The molecule has 2 unspecified atom stereocenters. The van der Waals surface area contributed by atoms with E-state index in [1.165, 1.54) is 0 Å². The summed E-state index contributed by atoms with van der Waals surface area (Å²) in [7, 11) is 0. The van der Waals surface area contributed by atoms with Crippen molar-refractivity contribution in [2.75, 3.05) is 18.5 Å². The highest BCUT2D eigenvalue weighted by atomic mass is 32.2. The van der Waals surface area contributed by atoms with Crippen molar-refractivity contribution in [1.82, 2.24) is 10.2 Å². The van der Waals surface area contributed by atoms with E-state index in [1.54, 1.807) is 28.8 Å². The quantitative estimate of drug-likeness (QED) is 0.320. The molecule has 9 heteroatoms. The SMILES string of the molecule is CCOc1ccc(NC(=O)[C@H]2[C@H]3C(=O)N([C@H](CO)c4ccccc4)C(C(=O)NC(C)(C)CC(C)(C)C)C34CC[C@]2(C)S4)cc1. The Morgan fingerprint density at radius 3 is 2.30 bits per heavy atom. The van der Waals surface area contributed by atoms with Crippen molar-refractivity contribution >= 4 is 35.2 Å². The zero-order valence-corrected chi connectivity index (χ0v) is 27.8. The highest BCUT2D eigenvalue weighted by molar-refractivity contribution is 8.02. The van der Waals surface area contributed by atoms with Crippen molar-refractivity contribution in [2.24, 2.45) is 17.3 Å². The largest absolute Gasteiger partial charge is 0.494 e. The molecule has 2 aromatic carbocycles. The summed E-state index contributed by atoms with van der Waals surface area (Å²) in [5, 5.41) is 17.1. The van der Waals surface area contributed by atoms with E-state index in [0.29, 0.717) is 30.9 Å². The lowest BCUT2D eigenvalue weighted by atomic mass is 9.66. The number of likely N-dealkylation sites (tertiary alicyclic amines) is 1. The van der Waals surface area contributed by atoms with Gasteiger partial charge in [0.05, 0.1) is 35.8 Å². The molecule has 3 amide bonds. The molecule has 44 heavy (non-hydrogen) atoms. The van der Waals surface area contributed by atoms with Gasteiger partial charge in [0.2, 0.25) is 17.7 Å². The molecule has 3 N–H and O–H groups in total. The minimum atomic E-state index is -0.841. The average molecular weight is 622 g/mol. The molecule has 0 aliphatic carbocycles. The molecular weight excluding hydrogens is 574 g/mol. The second kappa shape index (κ2) is 11.7. The van der Waals surface area contributed by atoms with Gasteiger partial charge in [-0.3, -0.25) is 14.4 Å². The number of hydrogen-bond donors (Lipinski definition) is 3. The smallest absolute Gasteiger partial charge is 0.244 e. The maximum atomic E-state index is 14.7. The van der Waals surface area contributed by atoms with Gasteiger partial charge in [0.15, 0.2) is 0 Å². The van der Waals surface area contributed by atoms with Crippen molar-refractivity contribution in [3.63, 3.8) is 0 Å². The summed E-state index contributed by atoms with van der Waals surface area (Å²) in [6.45, 7) is 14.6. The van der Waals surface area contributed by atoms with Gasteiger partial charge in [-0.15, -0.1) is 11.8 Å². The summed E-state index contributed by atoms with van der Waals surface area (Å²) in [5.41, 5.74) is 0.823. The van der Waals surface area contributed by atoms with E-state index >= 15 is 0 Å². The monoisotopic (exact) mass is 621 g/mol. The fourth-order valence-corrected chi connectivity index (χ4v) is 10.6. The van der Waals surface area contributed by atoms with Crippen LogP contribution in [0.4, 0.5) is 5.69 Å². The first-order chi connectivity index (χ1) is 20.6. The molecule has 6 atom stereocenters. The third kappa shape index (κ3) is 5.85. The fourth-order valence-electron chi connectivity index (χ4n) is 8.22. The summed E-state index contributed by atoms with van der Waals surface area (Å²) < 4.78 is 4.24. The van der Waals surface area contributed by atoms with Crippen LogP contribution >= 0.6 is 11.8 Å². The van der Waals surface area contributed by atoms with E-state index in [0.717, 1.165) is 12.0 Å². The summed E-state index contributed by atoms with van der Waals surface area (Å²) in [6, 6.07) is 15.0. The normalized spacial score (nSPS) is 28.5. The van der Waals surface area contributed by atoms with Crippen LogP contribution in [0, 0.1) is 17.3 Å².